The molecule has 1 atom stereocenters. The van der Waals surface area contributed by atoms with Crippen molar-refractivity contribution in [3.63, 3.8) is 0 Å². The predicted octanol–water partition coefficient (Wildman–Crippen LogP) is 2.61. The molecule has 96 valence electrons. The van der Waals surface area contributed by atoms with Crippen LogP contribution in [0.1, 0.15) is 45.4 Å². The van der Waals surface area contributed by atoms with Gasteiger partial charge in [-0.2, -0.15) is 0 Å². The lowest BCUT2D eigenvalue weighted by atomic mass is 10.1. The van der Waals surface area contributed by atoms with E-state index in [0.717, 1.165) is 25.4 Å². The molecule has 0 spiro atoms. The lowest BCUT2D eigenvalue weighted by molar-refractivity contribution is 0.449. The van der Waals surface area contributed by atoms with Crippen LogP contribution < -0.4 is 5.32 Å². The summed E-state index contributed by atoms with van der Waals surface area (Å²) in [5, 5.41) is 3.61. The summed E-state index contributed by atoms with van der Waals surface area (Å²) < 4.78 is 2.30. The highest BCUT2D eigenvalue weighted by Gasteiger charge is 2.25. The lowest BCUT2D eigenvalue weighted by Gasteiger charge is -2.18. The van der Waals surface area contributed by atoms with E-state index in [4.69, 9.17) is 0 Å². The molecule has 1 aliphatic rings. The van der Waals surface area contributed by atoms with E-state index in [1.165, 1.54) is 31.5 Å². The van der Waals surface area contributed by atoms with Crippen LogP contribution in [0.5, 0.6) is 0 Å². The molecule has 0 saturated heterocycles. The smallest absolute Gasteiger partial charge is 0.110 e. The zero-order valence-electron chi connectivity index (χ0n) is 11.2. The SMILES string of the molecule is CCCn1ccnc1CC(CC1CC1)NCC. The number of imidazole rings is 1. The molecule has 0 aliphatic heterocycles. The number of hydrogen-bond donors (Lipinski definition) is 1. The van der Waals surface area contributed by atoms with Crippen LogP contribution >= 0.6 is 0 Å². The molecule has 1 unspecified atom stereocenters. The maximum absolute atomic E-state index is 4.51. The Hall–Kier alpha value is -0.830. The van der Waals surface area contributed by atoms with Crippen molar-refractivity contribution >= 4 is 0 Å². The van der Waals surface area contributed by atoms with E-state index in [1.54, 1.807) is 0 Å². The van der Waals surface area contributed by atoms with Crippen LogP contribution in [-0.4, -0.2) is 22.1 Å². The van der Waals surface area contributed by atoms with Gasteiger partial charge in [0.2, 0.25) is 0 Å². The Bertz CT molecular complexity index is 328. The van der Waals surface area contributed by atoms with Gasteiger partial charge >= 0.3 is 0 Å². The Balaban J connectivity index is 1.92. The third-order valence-corrected chi connectivity index (χ3v) is 3.50. The quantitative estimate of drug-likeness (QED) is 0.750. The summed E-state index contributed by atoms with van der Waals surface area (Å²) in [4.78, 5) is 4.51. The Kier molecular flexibility index (Phi) is 4.60. The molecule has 1 saturated carbocycles. The fourth-order valence-corrected chi connectivity index (χ4v) is 2.48. The molecular formula is C14H25N3. The number of nitrogens with one attached hydrogen (secondary N) is 1. The highest BCUT2D eigenvalue weighted by atomic mass is 15.1. The second-order valence-corrected chi connectivity index (χ2v) is 5.17. The van der Waals surface area contributed by atoms with Crippen molar-refractivity contribution in [2.45, 2.75) is 58.5 Å². The molecule has 0 bridgehead atoms. The van der Waals surface area contributed by atoms with Crippen LogP contribution in [-0.2, 0) is 13.0 Å². The monoisotopic (exact) mass is 235 g/mol. The fraction of sp³-hybridized carbons (Fsp3) is 0.786. The van der Waals surface area contributed by atoms with E-state index in [9.17, 15) is 0 Å². The zero-order chi connectivity index (χ0) is 12.1. The molecule has 1 N–H and O–H groups in total. The van der Waals surface area contributed by atoms with Crippen molar-refractivity contribution in [3.8, 4) is 0 Å². The molecule has 0 aromatic carbocycles. The summed E-state index contributed by atoms with van der Waals surface area (Å²) in [5.41, 5.74) is 0. The van der Waals surface area contributed by atoms with E-state index in [-0.39, 0.29) is 0 Å². The summed E-state index contributed by atoms with van der Waals surface area (Å²) in [6.07, 6.45) is 10.5. The van der Waals surface area contributed by atoms with E-state index >= 15 is 0 Å². The van der Waals surface area contributed by atoms with Crippen molar-refractivity contribution in [1.82, 2.24) is 14.9 Å². The molecule has 3 nitrogen and oxygen atoms in total. The molecule has 17 heavy (non-hydrogen) atoms. The molecule has 1 aromatic heterocycles. The molecule has 1 heterocycles. The lowest BCUT2D eigenvalue weighted by Crippen LogP contribution is -2.32. The van der Waals surface area contributed by atoms with Crippen molar-refractivity contribution < 1.29 is 0 Å². The van der Waals surface area contributed by atoms with Gasteiger partial charge in [-0.15, -0.1) is 0 Å². The van der Waals surface area contributed by atoms with E-state index in [0.29, 0.717) is 6.04 Å². The van der Waals surface area contributed by atoms with Crippen LogP contribution in [0.3, 0.4) is 0 Å². The number of hydrogen-bond acceptors (Lipinski definition) is 2. The van der Waals surface area contributed by atoms with Gasteiger partial charge in [0, 0.05) is 31.4 Å². The third-order valence-electron chi connectivity index (χ3n) is 3.50. The van der Waals surface area contributed by atoms with Gasteiger partial charge in [0.1, 0.15) is 5.82 Å². The first kappa shape index (κ1) is 12.6. The van der Waals surface area contributed by atoms with Gasteiger partial charge in [0.05, 0.1) is 0 Å². The van der Waals surface area contributed by atoms with E-state index < -0.39 is 0 Å². The largest absolute Gasteiger partial charge is 0.335 e. The minimum atomic E-state index is 0.616. The number of aromatic nitrogens is 2. The minimum absolute atomic E-state index is 0.616. The number of aryl methyl sites for hydroxylation is 1. The van der Waals surface area contributed by atoms with Gasteiger partial charge in [-0.3, -0.25) is 0 Å². The molecule has 1 aromatic rings. The van der Waals surface area contributed by atoms with Gasteiger partial charge in [-0.1, -0.05) is 26.7 Å². The summed E-state index contributed by atoms with van der Waals surface area (Å²) >= 11 is 0. The van der Waals surface area contributed by atoms with Crippen LogP contribution in [0.4, 0.5) is 0 Å². The molecule has 1 aliphatic carbocycles. The Morgan fingerprint density at radius 3 is 2.94 bits per heavy atom. The van der Waals surface area contributed by atoms with E-state index in [2.05, 4.69) is 34.9 Å². The maximum atomic E-state index is 4.51. The van der Waals surface area contributed by atoms with Crippen molar-refractivity contribution in [1.29, 1.82) is 0 Å². The number of nitrogens with zero attached hydrogens (tertiary/aromatic N) is 2. The summed E-state index contributed by atoms with van der Waals surface area (Å²) in [5.74, 6) is 2.23. The topological polar surface area (TPSA) is 29.9 Å². The molecule has 1 fully saturated rings. The summed E-state index contributed by atoms with van der Waals surface area (Å²) in [6, 6.07) is 0.616. The van der Waals surface area contributed by atoms with Crippen molar-refractivity contribution in [2.24, 2.45) is 5.92 Å². The van der Waals surface area contributed by atoms with Crippen molar-refractivity contribution in [2.75, 3.05) is 6.54 Å². The third kappa shape index (κ3) is 3.84. The predicted molar refractivity (Wildman–Crippen MR) is 71.0 cm³/mol. The van der Waals surface area contributed by atoms with Crippen LogP contribution in [0.25, 0.3) is 0 Å². The van der Waals surface area contributed by atoms with Gasteiger partial charge < -0.3 is 9.88 Å². The first-order valence-corrected chi connectivity index (χ1v) is 7.06. The minimum Gasteiger partial charge on any atom is -0.335 e. The average Bonchev–Trinajstić information content (AvgIpc) is 3.01. The Morgan fingerprint density at radius 2 is 2.29 bits per heavy atom. The first-order valence-electron chi connectivity index (χ1n) is 7.06. The molecule has 0 amide bonds. The van der Waals surface area contributed by atoms with Gasteiger partial charge in [-0.25, -0.2) is 4.98 Å². The summed E-state index contributed by atoms with van der Waals surface area (Å²) in [6.45, 7) is 6.57. The highest BCUT2D eigenvalue weighted by Crippen LogP contribution is 2.34. The number of likely N-dealkylation sites (N-methyl/N-ethyl adjacent to an activating group) is 1. The maximum Gasteiger partial charge on any atom is 0.110 e. The second kappa shape index (κ2) is 6.20. The molecule has 2 rings (SSSR count). The Morgan fingerprint density at radius 1 is 1.47 bits per heavy atom. The van der Waals surface area contributed by atoms with E-state index in [1.807, 2.05) is 6.20 Å². The zero-order valence-corrected chi connectivity index (χ0v) is 11.2. The Labute approximate surface area is 105 Å². The van der Waals surface area contributed by atoms with Crippen molar-refractivity contribution in [3.05, 3.63) is 18.2 Å². The van der Waals surface area contributed by atoms with Crippen LogP contribution in [0, 0.1) is 5.92 Å². The van der Waals surface area contributed by atoms with Gasteiger partial charge in [0.25, 0.3) is 0 Å². The van der Waals surface area contributed by atoms with Crippen LogP contribution in [0.15, 0.2) is 12.4 Å². The molecule has 3 heteroatoms. The van der Waals surface area contributed by atoms with Gasteiger partial charge in [0.15, 0.2) is 0 Å². The number of rotatable bonds is 8. The molecule has 0 radical (unpaired) electrons. The average molecular weight is 235 g/mol. The van der Waals surface area contributed by atoms with Crippen LogP contribution in [0.2, 0.25) is 0 Å². The normalized spacial score (nSPS) is 17.3. The molecular weight excluding hydrogens is 210 g/mol. The first-order chi connectivity index (χ1) is 8.33. The fourth-order valence-electron chi connectivity index (χ4n) is 2.48. The summed E-state index contributed by atoms with van der Waals surface area (Å²) in [7, 11) is 0. The second-order valence-electron chi connectivity index (χ2n) is 5.17. The highest BCUT2D eigenvalue weighted by molar-refractivity contribution is 4.96. The van der Waals surface area contributed by atoms with Gasteiger partial charge in [-0.05, 0) is 25.3 Å². The standard InChI is InChI=1S/C14H25N3/c1-3-8-17-9-7-16-14(17)11-13(15-4-2)10-12-5-6-12/h7,9,12-13,15H,3-6,8,10-11H2,1-2H3.